The number of carbonyl (C=O) groups is 1. The highest BCUT2D eigenvalue weighted by Gasteiger charge is 2.19. The Morgan fingerprint density at radius 2 is 2.00 bits per heavy atom. The van der Waals surface area contributed by atoms with Gasteiger partial charge in [0.25, 0.3) is 0 Å². The van der Waals surface area contributed by atoms with E-state index >= 15 is 0 Å². The SMILES string of the molecule is COC(=O)c1ccc(C)c(Nc2ncnc(NC3CCCC3)c2C#N)c1. The van der Waals surface area contributed by atoms with Crippen molar-refractivity contribution in [1.29, 1.82) is 5.26 Å². The van der Waals surface area contributed by atoms with E-state index in [0.29, 0.717) is 34.5 Å². The van der Waals surface area contributed by atoms with Gasteiger partial charge in [-0.05, 0) is 37.5 Å². The van der Waals surface area contributed by atoms with Gasteiger partial charge in [-0.2, -0.15) is 5.26 Å². The molecular formula is C19H21N5O2. The van der Waals surface area contributed by atoms with Crippen molar-refractivity contribution in [1.82, 2.24) is 9.97 Å². The third-order valence-electron chi connectivity index (χ3n) is 4.57. The molecule has 134 valence electrons. The molecule has 0 amide bonds. The molecule has 1 aromatic carbocycles. The molecule has 0 radical (unpaired) electrons. The molecule has 1 aromatic heterocycles. The molecule has 2 aromatic rings. The van der Waals surface area contributed by atoms with Crippen LogP contribution < -0.4 is 10.6 Å². The minimum Gasteiger partial charge on any atom is -0.465 e. The zero-order chi connectivity index (χ0) is 18.5. The Labute approximate surface area is 152 Å². The molecular weight excluding hydrogens is 330 g/mol. The fourth-order valence-electron chi connectivity index (χ4n) is 3.09. The fraction of sp³-hybridized carbons (Fsp3) is 0.368. The van der Waals surface area contributed by atoms with Crippen LogP contribution in [0.3, 0.4) is 0 Å². The number of rotatable bonds is 5. The van der Waals surface area contributed by atoms with Gasteiger partial charge >= 0.3 is 5.97 Å². The van der Waals surface area contributed by atoms with Gasteiger partial charge in [-0.15, -0.1) is 0 Å². The Morgan fingerprint density at radius 3 is 2.69 bits per heavy atom. The number of carbonyl (C=O) groups excluding carboxylic acids is 1. The number of nitriles is 1. The van der Waals surface area contributed by atoms with Gasteiger partial charge in [-0.25, -0.2) is 14.8 Å². The molecule has 0 saturated heterocycles. The quantitative estimate of drug-likeness (QED) is 0.795. The minimum atomic E-state index is -0.417. The molecule has 2 N–H and O–H groups in total. The summed E-state index contributed by atoms with van der Waals surface area (Å²) >= 11 is 0. The molecule has 1 fully saturated rings. The van der Waals surface area contributed by atoms with Crippen LogP contribution in [0.5, 0.6) is 0 Å². The number of hydrogen-bond acceptors (Lipinski definition) is 7. The standard InChI is InChI=1S/C19H21N5O2/c1-12-7-8-13(19(25)26-2)9-16(12)24-18-15(10-20)17(21-11-22-18)23-14-5-3-4-6-14/h7-9,11,14H,3-6H2,1-2H3,(H2,21,22,23,24). The average Bonchev–Trinajstić information content (AvgIpc) is 3.16. The molecule has 1 saturated carbocycles. The normalized spacial score (nSPS) is 13.9. The van der Waals surface area contributed by atoms with Crippen molar-refractivity contribution in [2.75, 3.05) is 17.7 Å². The Balaban J connectivity index is 1.90. The first-order chi connectivity index (χ1) is 12.6. The van der Waals surface area contributed by atoms with E-state index in [1.165, 1.54) is 26.3 Å². The predicted octanol–water partition coefficient (Wildman–Crippen LogP) is 3.54. The van der Waals surface area contributed by atoms with Crippen LogP contribution in [0.4, 0.5) is 17.3 Å². The van der Waals surface area contributed by atoms with Gasteiger partial charge in [0, 0.05) is 11.7 Å². The maximum atomic E-state index is 11.8. The number of nitrogens with one attached hydrogen (secondary N) is 2. The molecule has 1 aliphatic rings. The van der Waals surface area contributed by atoms with Crippen LogP contribution in [0.25, 0.3) is 0 Å². The van der Waals surface area contributed by atoms with Gasteiger partial charge in [-0.1, -0.05) is 18.9 Å². The summed E-state index contributed by atoms with van der Waals surface area (Å²) in [5, 5.41) is 16.1. The van der Waals surface area contributed by atoms with E-state index in [1.807, 2.05) is 13.0 Å². The fourth-order valence-corrected chi connectivity index (χ4v) is 3.09. The zero-order valence-corrected chi connectivity index (χ0v) is 14.9. The predicted molar refractivity (Wildman–Crippen MR) is 98.4 cm³/mol. The van der Waals surface area contributed by atoms with E-state index in [1.54, 1.807) is 12.1 Å². The summed E-state index contributed by atoms with van der Waals surface area (Å²) in [6, 6.07) is 7.73. The lowest BCUT2D eigenvalue weighted by Gasteiger charge is -2.16. The number of hydrogen-bond donors (Lipinski definition) is 2. The second kappa shape index (κ2) is 7.83. The smallest absolute Gasteiger partial charge is 0.337 e. The van der Waals surface area contributed by atoms with Crippen LogP contribution in [0, 0.1) is 18.3 Å². The molecule has 0 unspecified atom stereocenters. The summed E-state index contributed by atoms with van der Waals surface area (Å²) in [4.78, 5) is 20.2. The topological polar surface area (TPSA) is 99.9 Å². The third kappa shape index (κ3) is 3.75. The van der Waals surface area contributed by atoms with Crippen molar-refractivity contribution in [3.05, 3.63) is 41.2 Å². The van der Waals surface area contributed by atoms with E-state index in [9.17, 15) is 10.1 Å². The van der Waals surface area contributed by atoms with E-state index in [0.717, 1.165) is 18.4 Å². The highest BCUT2D eigenvalue weighted by molar-refractivity contribution is 5.91. The first-order valence-electron chi connectivity index (χ1n) is 8.60. The van der Waals surface area contributed by atoms with Gasteiger partial charge in [0.05, 0.1) is 12.7 Å². The van der Waals surface area contributed by atoms with Crippen LogP contribution >= 0.6 is 0 Å². The Bertz CT molecular complexity index is 853. The molecule has 26 heavy (non-hydrogen) atoms. The molecule has 1 aliphatic carbocycles. The Kier molecular flexibility index (Phi) is 5.32. The van der Waals surface area contributed by atoms with Crippen molar-refractivity contribution in [2.24, 2.45) is 0 Å². The Hall–Kier alpha value is -3.14. The molecule has 0 bridgehead atoms. The maximum Gasteiger partial charge on any atom is 0.337 e. The lowest BCUT2D eigenvalue weighted by Crippen LogP contribution is -2.17. The first kappa shape index (κ1) is 17.7. The number of aryl methyl sites for hydroxylation is 1. The molecule has 7 nitrogen and oxygen atoms in total. The van der Waals surface area contributed by atoms with Crippen molar-refractivity contribution in [3.8, 4) is 6.07 Å². The zero-order valence-electron chi connectivity index (χ0n) is 14.9. The number of anilines is 3. The minimum absolute atomic E-state index is 0.342. The summed E-state index contributed by atoms with van der Waals surface area (Å²) in [7, 11) is 1.34. The second-order valence-electron chi connectivity index (χ2n) is 6.33. The number of methoxy groups -OCH3 is 1. The third-order valence-corrected chi connectivity index (χ3v) is 4.57. The molecule has 7 heteroatoms. The van der Waals surface area contributed by atoms with E-state index in [4.69, 9.17) is 4.74 Å². The van der Waals surface area contributed by atoms with Gasteiger partial charge in [0.1, 0.15) is 23.8 Å². The van der Waals surface area contributed by atoms with Crippen molar-refractivity contribution in [2.45, 2.75) is 38.6 Å². The summed E-state index contributed by atoms with van der Waals surface area (Å²) in [6.07, 6.45) is 5.97. The van der Waals surface area contributed by atoms with Crippen LogP contribution in [-0.2, 0) is 4.74 Å². The van der Waals surface area contributed by atoms with Crippen molar-refractivity contribution < 1.29 is 9.53 Å². The highest BCUT2D eigenvalue weighted by Crippen LogP contribution is 2.28. The molecule has 3 rings (SSSR count). The van der Waals surface area contributed by atoms with Gasteiger partial charge in [-0.3, -0.25) is 0 Å². The lowest BCUT2D eigenvalue weighted by molar-refractivity contribution is 0.0601. The van der Waals surface area contributed by atoms with E-state index in [2.05, 4.69) is 26.7 Å². The first-order valence-corrected chi connectivity index (χ1v) is 8.60. The van der Waals surface area contributed by atoms with Gasteiger partial charge in [0.15, 0.2) is 5.82 Å². The van der Waals surface area contributed by atoms with Crippen LogP contribution in [0.1, 0.15) is 47.2 Å². The number of aromatic nitrogens is 2. The molecule has 1 heterocycles. The van der Waals surface area contributed by atoms with Crippen molar-refractivity contribution in [3.63, 3.8) is 0 Å². The van der Waals surface area contributed by atoms with Crippen molar-refractivity contribution >= 4 is 23.3 Å². The van der Waals surface area contributed by atoms with Crippen LogP contribution in [0.15, 0.2) is 24.5 Å². The van der Waals surface area contributed by atoms with Gasteiger partial charge < -0.3 is 15.4 Å². The summed E-state index contributed by atoms with van der Waals surface area (Å²) in [5.41, 5.74) is 2.40. The number of benzene rings is 1. The van der Waals surface area contributed by atoms with E-state index in [-0.39, 0.29) is 0 Å². The number of esters is 1. The number of ether oxygens (including phenoxy) is 1. The largest absolute Gasteiger partial charge is 0.465 e. The second-order valence-corrected chi connectivity index (χ2v) is 6.33. The summed E-state index contributed by atoms with van der Waals surface area (Å²) in [5.74, 6) is 0.534. The van der Waals surface area contributed by atoms with E-state index < -0.39 is 5.97 Å². The molecule has 0 aliphatic heterocycles. The maximum absolute atomic E-state index is 11.8. The van der Waals surface area contributed by atoms with Crippen LogP contribution in [0.2, 0.25) is 0 Å². The number of nitrogens with zero attached hydrogens (tertiary/aromatic N) is 3. The monoisotopic (exact) mass is 351 g/mol. The lowest BCUT2D eigenvalue weighted by atomic mass is 10.1. The molecule has 0 atom stereocenters. The Morgan fingerprint density at radius 1 is 1.27 bits per heavy atom. The molecule has 0 spiro atoms. The van der Waals surface area contributed by atoms with Gasteiger partial charge in [0.2, 0.25) is 0 Å². The summed E-state index contributed by atoms with van der Waals surface area (Å²) in [6.45, 7) is 1.91. The highest BCUT2D eigenvalue weighted by atomic mass is 16.5. The summed E-state index contributed by atoms with van der Waals surface area (Å²) < 4.78 is 4.77. The average molecular weight is 351 g/mol. The van der Waals surface area contributed by atoms with Crippen LogP contribution in [-0.4, -0.2) is 29.1 Å².